The van der Waals surface area contributed by atoms with Crippen molar-refractivity contribution in [3.8, 4) is 11.4 Å². The number of nitrogens with zero attached hydrogens (tertiary/aromatic N) is 3. The van der Waals surface area contributed by atoms with E-state index >= 15 is 0 Å². The predicted octanol–water partition coefficient (Wildman–Crippen LogP) is 4.28. The summed E-state index contributed by atoms with van der Waals surface area (Å²) in [5.41, 5.74) is 2.03. The Hall–Kier alpha value is -2.45. The summed E-state index contributed by atoms with van der Waals surface area (Å²) < 4.78 is 15.8. The van der Waals surface area contributed by atoms with Crippen LogP contribution in [0.1, 0.15) is 5.56 Å². The van der Waals surface area contributed by atoms with Gasteiger partial charge in [0.25, 0.3) is 5.56 Å². The summed E-state index contributed by atoms with van der Waals surface area (Å²) in [6.07, 6.45) is 0. The molecule has 0 aliphatic rings. The molecular formula is C18H12BrFN4OS. The molecule has 0 amide bonds. The average molecular weight is 431 g/mol. The molecule has 4 rings (SSSR count). The number of nitrogens with one attached hydrogen (secondary N) is 1. The average Bonchev–Trinajstić information content (AvgIpc) is 3.00. The topological polar surface area (TPSA) is 63.1 Å². The maximum atomic E-state index is 13.2. The second-order valence-electron chi connectivity index (χ2n) is 5.57. The van der Waals surface area contributed by atoms with Crippen LogP contribution in [0.4, 0.5) is 4.39 Å². The van der Waals surface area contributed by atoms with Crippen molar-refractivity contribution in [3.63, 3.8) is 0 Å². The summed E-state index contributed by atoms with van der Waals surface area (Å²) in [5, 5.41) is 3.32. The van der Waals surface area contributed by atoms with Crippen molar-refractivity contribution in [2.45, 2.75) is 10.9 Å². The van der Waals surface area contributed by atoms with Crippen LogP contribution in [0.5, 0.6) is 0 Å². The number of rotatable bonds is 4. The first-order chi connectivity index (χ1) is 12.6. The molecule has 130 valence electrons. The van der Waals surface area contributed by atoms with Crippen LogP contribution >= 0.6 is 27.7 Å². The fourth-order valence-corrected chi connectivity index (χ4v) is 3.82. The Morgan fingerprint density at radius 1 is 1.12 bits per heavy atom. The lowest BCUT2D eigenvalue weighted by molar-refractivity contribution is 0.628. The van der Waals surface area contributed by atoms with Crippen molar-refractivity contribution in [2.24, 2.45) is 0 Å². The third-order valence-corrected chi connectivity index (χ3v) is 5.19. The fraction of sp³-hybridized carbons (Fsp3) is 0.0556. The van der Waals surface area contributed by atoms with Gasteiger partial charge in [-0.25, -0.2) is 18.9 Å². The van der Waals surface area contributed by atoms with Gasteiger partial charge in [0.15, 0.2) is 16.6 Å². The van der Waals surface area contributed by atoms with Crippen LogP contribution in [0.15, 0.2) is 69.0 Å². The number of aromatic amines is 1. The molecule has 2 aromatic carbocycles. The van der Waals surface area contributed by atoms with E-state index in [1.807, 2.05) is 24.3 Å². The number of thioether (sulfide) groups is 1. The van der Waals surface area contributed by atoms with Crippen molar-refractivity contribution in [3.05, 3.63) is 80.8 Å². The molecule has 0 fully saturated rings. The van der Waals surface area contributed by atoms with Crippen molar-refractivity contribution in [1.82, 2.24) is 19.6 Å². The van der Waals surface area contributed by atoms with E-state index in [9.17, 15) is 9.18 Å². The summed E-state index contributed by atoms with van der Waals surface area (Å²) in [6.45, 7) is 0. The van der Waals surface area contributed by atoms with E-state index in [-0.39, 0.29) is 11.4 Å². The fourth-order valence-electron chi connectivity index (χ4n) is 2.48. The van der Waals surface area contributed by atoms with Gasteiger partial charge < -0.3 is 0 Å². The van der Waals surface area contributed by atoms with Crippen LogP contribution in [0.25, 0.3) is 17.0 Å². The Morgan fingerprint density at radius 2 is 1.92 bits per heavy atom. The van der Waals surface area contributed by atoms with Crippen molar-refractivity contribution in [1.29, 1.82) is 0 Å². The number of H-pyrrole nitrogens is 1. The van der Waals surface area contributed by atoms with Gasteiger partial charge in [-0.3, -0.25) is 9.89 Å². The van der Waals surface area contributed by atoms with Crippen LogP contribution in [0, 0.1) is 5.82 Å². The Kier molecular flexibility index (Phi) is 4.60. The summed E-state index contributed by atoms with van der Waals surface area (Å²) in [7, 11) is 0. The highest BCUT2D eigenvalue weighted by atomic mass is 79.9. The van der Waals surface area contributed by atoms with E-state index in [0.29, 0.717) is 27.9 Å². The van der Waals surface area contributed by atoms with Crippen molar-refractivity contribution < 1.29 is 4.39 Å². The van der Waals surface area contributed by atoms with Gasteiger partial charge in [0.1, 0.15) is 5.82 Å². The van der Waals surface area contributed by atoms with Gasteiger partial charge in [0, 0.05) is 21.9 Å². The standard InChI is InChI=1S/C18H12BrFN4OS/c19-13-3-1-2-11(8-13)10-26-18-22-17(12-4-6-14(20)7-5-12)21-15-9-16(25)23-24(15)18/h1-9H,10H2,(H,23,25). The highest BCUT2D eigenvalue weighted by Gasteiger charge is 2.12. The molecule has 1 N–H and O–H groups in total. The quantitative estimate of drug-likeness (QED) is 0.490. The number of aromatic nitrogens is 4. The molecule has 0 spiro atoms. The molecule has 4 aromatic rings. The van der Waals surface area contributed by atoms with Crippen LogP contribution in [-0.2, 0) is 5.75 Å². The third-order valence-electron chi connectivity index (χ3n) is 3.68. The first kappa shape index (κ1) is 17.0. The third kappa shape index (κ3) is 3.56. The molecular weight excluding hydrogens is 419 g/mol. The smallest absolute Gasteiger partial charge is 0.266 e. The van der Waals surface area contributed by atoms with Gasteiger partial charge in [-0.1, -0.05) is 39.8 Å². The van der Waals surface area contributed by atoms with E-state index in [0.717, 1.165) is 10.0 Å². The molecule has 0 aliphatic carbocycles. The second kappa shape index (κ2) is 7.05. The van der Waals surface area contributed by atoms with Crippen LogP contribution in [-0.4, -0.2) is 19.6 Å². The summed E-state index contributed by atoms with van der Waals surface area (Å²) in [6, 6.07) is 15.4. The lowest BCUT2D eigenvalue weighted by Gasteiger charge is -2.08. The molecule has 0 saturated heterocycles. The molecule has 2 aromatic heterocycles. The monoisotopic (exact) mass is 430 g/mol. The molecule has 0 saturated carbocycles. The molecule has 0 bridgehead atoms. The number of fused-ring (bicyclic) bond motifs is 1. The maximum absolute atomic E-state index is 13.2. The predicted molar refractivity (Wildman–Crippen MR) is 103 cm³/mol. The van der Waals surface area contributed by atoms with E-state index in [4.69, 9.17) is 0 Å². The minimum absolute atomic E-state index is 0.250. The Labute approximate surface area is 160 Å². The lowest BCUT2D eigenvalue weighted by Crippen LogP contribution is -2.04. The zero-order chi connectivity index (χ0) is 18.1. The SMILES string of the molecule is O=c1cc2nc(-c3ccc(F)cc3)nc(SCc3cccc(Br)c3)n2[nH]1. The van der Waals surface area contributed by atoms with Gasteiger partial charge in [-0.05, 0) is 42.0 Å². The largest absolute Gasteiger partial charge is 0.268 e. The highest BCUT2D eigenvalue weighted by molar-refractivity contribution is 9.10. The molecule has 26 heavy (non-hydrogen) atoms. The summed E-state index contributed by atoms with van der Waals surface area (Å²) in [5.74, 6) is 0.798. The van der Waals surface area contributed by atoms with Crippen molar-refractivity contribution in [2.75, 3.05) is 0 Å². The van der Waals surface area contributed by atoms with E-state index < -0.39 is 0 Å². The van der Waals surface area contributed by atoms with Gasteiger partial charge in [0.05, 0.1) is 0 Å². The molecule has 0 radical (unpaired) electrons. The molecule has 0 aliphatic heterocycles. The Balaban J connectivity index is 1.74. The second-order valence-corrected chi connectivity index (χ2v) is 7.43. The van der Waals surface area contributed by atoms with Gasteiger partial charge >= 0.3 is 0 Å². The first-order valence-corrected chi connectivity index (χ1v) is 9.49. The molecule has 5 nitrogen and oxygen atoms in total. The van der Waals surface area contributed by atoms with Crippen molar-refractivity contribution >= 4 is 33.3 Å². The number of hydrogen-bond donors (Lipinski definition) is 1. The van der Waals surface area contributed by atoms with E-state index in [1.165, 1.54) is 30.0 Å². The minimum atomic E-state index is -0.322. The number of hydrogen-bond acceptors (Lipinski definition) is 4. The van der Waals surface area contributed by atoms with E-state index in [1.54, 1.807) is 16.6 Å². The first-order valence-electron chi connectivity index (χ1n) is 7.71. The molecule has 8 heteroatoms. The van der Waals surface area contributed by atoms with Crippen LogP contribution in [0.2, 0.25) is 0 Å². The summed E-state index contributed by atoms with van der Waals surface area (Å²) >= 11 is 4.95. The van der Waals surface area contributed by atoms with Gasteiger partial charge in [-0.15, -0.1) is 0 Å². The zero-order valence-electron chi connectivity index (χ0n) is 13.3. The Bertz CT molecular complexity index is 1140. The summed E-state index contributed by atoms with van der Waals surface area (Å²) in [4.78, 5) is 20.7. The molecule has 0 unspecified atom stereocenters. The normalized spacial score (nSPS) is 11.2. The Morgan fingerprint density at radius 3 is 2.69 bits per heavy atom. The zero-order valence-corrected chi connectivity index (χ0v) is 15.7. The number of benzene rings is 2. The lowest BCUT2D eigenvalue weighted by atomic mass is 10.2. The maximum Gasteiger partial charge on any atom is 0.266 e. The molecule has 0 atom stereocenters. The highest BCUT2D eigenvalue weighted by Crippen LogP contribution is 2.25. The number of halogens is 2. The van der Waals surface area contributed by atoms with Gasteiger partial charge in [0.2, 0.25) is 0 Å². The molecule has 2 heterocycles. The minimum Gasteiger partial charge on any atom is -0.268 e. The van der Waals surface area contributed by atoms with Crippen LogP contribution < -0.4 is 5.56 Å². The van der Waals surface area contributed by atoms with Crippen LogP contribution in [0.3, 0.4) is 0 Å². The van der Waals surface area contributed by atoms with Gasteiger partial charge in [-0.2, -0.15) is 0 Å². The van der Waals surface area contributed by atoms with E-state index in [2.05, 4.69) is 31.0 Å².